The zero-order chi connectivity index (χ0) is 27.2. The average molecular weight is 517 g/mol. The zero-order valence-electron chi connectivity index (χ0n) is 21.2. The predicted octanol–water partition coefficient (Wildman–Crippen LogP) is 1.47. The predicted molar refractivity (Wildman–Crippen MR) is 134 cm³/mol. The summed E-state index contributed by atoms with van der Waals surface area (Å²) < 4.78 is 27.4. The van der Waals surface area contributed by atoms with Crippen LogP contribution in [0.2, 0.25) is 0 Å². The van der Waals surface area contributed by atoms with Crippen molar-refractivity contribution in [3.8, 4) is 6.07 Å². The van der Waals surface area contributed by atoms with Crippen molar-refractivity contribution in [3.63, 3.8) is 0 Å². The van der Waals surface area contributed by atoms with Crippen molar-refractivity contribution in [2.24, 2.45) is 0 Å². The van der Waals surface area contributed by atoms with Crippen LogP contribution in [0.25, 0.3) is 0 Å². The lowest BCUT2D eigenvalue weighted by molar-refractivity contribution is -0.128. The van der Waals surface area contributed by atoms with Crippen molar-refractivity contribution in [3.05, 3.63) is 47.5 Å². The lowest BCUT2D eigenvalue weighted by atomic mass is 9.76. The number of likely N-dealkylation sites (tertiary alicyclic amines) is 2. The number of hydrogen-bond acceptors (Lipinski definition) is 6. The van der Waals surface area contributed by atoms with Gasteiger partial charge in [0.05, 0.1) is 12.5 Å². The molecule has 9 nitrogen and oxygen atoms in total. The number of hydrogen-bond donors (Lipinski definition) is 4. The minimum Gasteiger partial charge on any atom is -0.426 e. The first-order valence-electron chi connectivity index (χ1n) is 12.4. The Morgan fingerprint density at radius 3 is 2.59 bits per heavy atom. The lowest BCUT2D eigenvalue weighted by Gasteiger charge is -2.35. The summed E-state index contributed by atoms with van der Waals surface area (Å²) in [6, 6.07) is 10.0. The standard InChI is InChI=1S/C25H34BF2N5O4/c1-24(2,33-12-10-25(27,28)17-33)14-19(15-29)22(34)32-11-6-9-20(16-32)30-23(35)31-21(26(36)37)13-18-7-4-3-5-8-18/h3-5,7-8,14,20-21,36-37H,6,9-13,16-17H2,1-2H3,(H2,30,31,35)/t20-,21+/m1/s1. The van der Waals surface area contributed by atoms with Gasteiger partial charge in [-0.2, -0.15) is 5.26 Å². The lowest BCUT2D eigenvalue weighted by Crippen LogP contribution is -2.56. The molecule has 2 saturated heterocycles. The quantitative estimate of drug-likeness (QED) is 0.235. The normalized spacial score (nSPS) is 21.2. The highest BCUT2D eigenvalue weighted by Crippen LogP contribution is 2.33. The van der Waals surface area contributed by atoms with Crippen LogP contribution in [0, 0.1) is 11.3 Å². The number of halogens is 2. The van der Waals surface area contributed by atoms with E-state index >= 15 is 0 Å². The van der Waals surface area contributed by atoms with Crippen LogP contribution < -0.4 is 10.6 Å². The Hall–Kier alpha value is -3.01. The SMILES string of the molecule is CC(C)(C=C(C#N)C(=O)N1CCC[C@@H](NC(=O)N[C@@H](Cc2ccccc2)B(O)O)C1)N1CCC(F)(F)C1. The van der Waals surface area contributed by atoms with Gasteiger partial charge in [0, 0.05) is 37.6 Å². The maximum atomic E-state index is 13.7. The van der Waals surface area contributed by atoms with Gasteiger partial charge >= 0.3 is 13.1 Å². The molecule has 1 aromatic rings. The van der Waals surface area contributed by atoms with E-state index in [1.54, 1.807) is 18.7 Å². The topological polar surface area (TPSA) is 129 Å². The van der Waals surface area contributed by atoms with Crippen molar-refractivity contribution in [2.45, 2.75) is 63.0 Å². The number of piperidine rings is 1. The molecule has 2 fully saturated rings. The molecule has 0 bridgehead atoms. The molecule has 0 radical (unpaired) electrons. The molecule has 2 aliphatic rings. The molecular weight excluding hydrogens is 483 g/mol. The number of nitriles is 1. The fourth-order valence-electron chi connectivity index (χ4n) is 4.76. The Bertz CT molecular complexity index is 1030. The van der Waals surface area contributed by atoms with E-state index in [-0.39, 0.29) is 31.5 Å². The van der Waals surface area contributed by atoms with Crippen molar-refractivity contribution >= 4 is 19.1 Å². The number of benzene rings is 1. The van der Waals surface area contributed by atoms with E-state index in [1.807, 2.05) is 36.4 Å². The van der Waals surface area contributed by atoms with E-state index in [4.69, 9.17) is 0 Å². The molecule has 0 unspecified atom stereocenters. The third-order valence-corrected chi connectivity index (χ3v) is 6.85. The van der Waals surface area contributed by atoms with Gasteiger partial charge in [0.1, 0.15) is 11.6 Å². The molecule has 0 aliphatic carbocycles. The van der Waals surface area contributed by atoms with E-state index in [1.165, 1.54) is 11.0 Å². The summed E-state index contributed by atoms with van der Waals surface area (Å²) in [6.07, 6.45) is 2.59. The van der Waals surface area contributed by atoms with Crippen molar-refractivity contribution in [1.29, 1.82) is 5.26 Å². The maximum Gasteiger partial charge on any atom is 0.475 e. The van der Waals surface area contributed by atoms with Crippen LogP contribution in [0.5, 0.6) is 0 Å². The highest BCUT2D eigenvalue weighted by atomic mass is 19.3. The van der Waals surface area contributed by atoms with Crippen LogP contribution in [0.3, 0.4) is 0 Å². The summed E-state index contributed by atoms with van der Waals surface area (Å²) >= 11 is 0. The Labute approximate surface area is 216 Å². The smallest absolute Gasteiger partial charge is 0.426 e. The Morgan fingerprint density at radius 2 is 2.00 bits per heavy atom. The number of nitrogens with zero attached hydrogens (tertiary/aromatic N) is 3. The van der Waals surface area contributed by atoms with Gasteiger partial charge in [-0.15, -0.1) is 0 Å². The van der Waals surface area contributed by atoms with Gasteiger partial charge in [0.15, 0.2) is 0 Å². The van der Waals surface area contributed by atoms with Crippen molar-refractivity contribution < 1.29 is 28.4 Å². The fourth-order valence-corrected chi connectivity index (χ4v) is 4.76. The molecule has 4 N–H and O–H groups in total. The number of amides is 3. The second-order valence-electron chi connectivity index (χ2n) is 10.3. The van der Waals surface area contributed by atoms with Gasteiger partial charge < -0.3 is 25.6 Å². The van der Waals surface area contributed by atoms with Crippen molar-refractivity contribution in [1.82, 2.24) is 20.4 Å². The number of urea groups is 1. The van der Waals surface area contributed by atoms with Gasteiger partial charge in [-0.3, -0.25) is 9.69 Å². The first kappa shape index (κ1) is 28.6. The zero-order valence-corrected chi connectivity index (χ0v) is 21.2. The van der Waals surface area contributed by atoms with Crippen LogP contribution in [0.1, 0.15) is 38.7 Å². The first-order valence-corrected chi connectivity index (χ1v) is 12.4. The highest BCUT2D eigenvalue weighted by molar-refractivity contribution is 6.43. The number of carbonyl (C=O) groups is 2. The van der Waals surface area contributed by atoms with E-state index in [2.05, 4.69) is 10.6 Å². The van der Waals surface area contributed by atoms with E-state index < -0.39 is 49.0 Å². The molecular formula is C25H34BF2N5O4. The number of carbonyl (C=O) groups excluding carboxylic acids is 2. The van der Waals surface area contributed by atoms with Crippen LogP contribution in [-0.4, -0.2) is 88.5 Å². The second-order valence-corrected chi connectivity index (χ2v) is 10.3. The van der Waals surface area contributed by atoms with E-state index in [0.717, 1.165) is 5.56 Å². The molecule has 2 aliphatic heterocycles. The van der Waals surface area contributed by atoms with E-state index in [9.17, 15) is 33.7 Å². The summed E-state index contributed by atoms with van der Waals surface area (Å²) in [5.41, 5.74) is -0.212. The molecule has 3 amide bonds. The molecule has 37 heavy (non-hydrogen) atoms. The summed E-state index contributed by atoms with van der Waals surface area (Å²) in [6.45, 7) is 3.70. The van der Waals surface area contributed by atoms with Gasteiger partial charge in [-0.05, 0) is 44.7 Å². The van der Waals surface area contributed by atoms with Crippen LogP contribution >= 0.6 is 0 Å². The minimum absolute atomic E-state index is 0.128. The number of alkyl halides is 2. The maximum absolute atomic E-state index is 13.7. The Kier molecular flexibility index (Phi) is 9.28. The van der Waals surface area contributed by atoms with Crippen LogP contribution in [-0.2, 0) is 11.2 Å². The number of rotatable bonds is 8. The molecule has 12 heteroatoms. The molecule has 2 heterocycles. The fraction of sp³-hybridized carbons (Fsp3) is 0.560. The van der Waals surface area contributed by atoms with Crippen LogP contribution in [0.4, 0.5) is 13.6 Å². The third-order valence-electron chi connectivity index (χ3n) is 6.85. The minimum atomic E-state index is -2.79. The van der Waals surface area contributed by atoms with E-state index in [0.29, 0.717) is 19.4 Å². The second kappa shape index (κ2) is 12.0. The Balaban J connectivity index is 1.59. The summed E-state index contributed by atoms with van der Waals surface area (Å²) in [5, 5.41) is 34.4. The summed E-state index contributed by atoms with van der Waals surface area (Å²) in [7, 11) is -1.77. The van der Waals surface area contributed by atoms with Gasteiger partial charge in [0.25, 0.3) is 11.8 Å². The average Bonchev–Trinajstić information content (AvgIpc) is 3.23. The molecule has 1 aromatic carbocycles. The summed E-state index contributed by atoms with van der Waals surface area (Å²) in [5.74, 6) is -4.24. The summed E-state index contributed by atoms with van der Waals surface area (Å²) in [4.78, 5) is 28.7. The van der Waals surface area contributed by atoms with Crippen LogP contribution in [0.15, 0.2) is 42.0 Å². The molecule has 0 saturated carbocycles. The monoisotopic (exact) mass is 517 g/mol. The largest absolute Gasteiger partial charge is 0.475 e. The number of nitrogens with one attached hydrogen (secondary N) is 2. The Morgan fingerprint density at radius 1 is 1.30 bits per heavy atom. The molecule has 3 rings (SSSR count). The first-order chi connectivity index (χ1) is 17.4. The molecule has 200 valence electrons. The van der Waals surface area contributed by atoms with Gasteiger partial charge in [-0.1, -0.05) is 30.3 Å². The molecule has 0 spiro atoms. The molecule has 0 aromatic heterocycles. The van der Waals surface area contributed by atoms with Gasteiger partial charge in [-0.25, -0.2) is 13.6 Å². The third kappa shape index (κ3) is 7.99. The molecule has 2 atom stereocenters. The van der Waals surface area contributed by atoms with Gasteiger partial charge in [0.2, 0.25) is 0 Å². The van der Waals surface area contributed by atoms with Crippen molar-refractivity contribution in [2.75, 3.05) is 26.2 Å². The highest BCUT2D eigenvalue weighted by Gasteiger charge is 2.43.